The standard InChI is InChI=1S/C31H47N3O4S/c1-20-17-22-23(26(36)32-18-21-13-9-7-10-14-21)24-28(38)34(15-11-8-12-16-35)25(31(20,24)39-22)27(37)33-30(5,6)19-29(2,3)4/h7,9-10,13-14,20,22-25,35H,8,11-12,15-19H2,1-6H3,(H,32,36)(H,33,37)/t20?,22-,23+,24+,25?,31?/m1/s1. The van der Waals surface area contributed by atoms with E-state index in [4.69, 9.17) is 0 Å². The van der Waals surface area contributed by atoms with E-state index in [0.29, 0.717) is 19.5 Å². The van der Waals surface area contributed by atoms with Crippen LogP contribution in [0.1, 0.15) is 79.2 Å². The summed E-state index contributed by atoms with van der Waals surface area (Å²) in [5.41, 5.74) is 0.613. The first-order valence-electron chi connectivity index (χ1n) is 14.5. The van der Waals surface area contributed by atoms with Gasteiger partial charge in [-0.1, -0.05) is 58.0 Å². The zero-order valence-electron chi connectivity index (χ0n) is 24.5. The molecule has 3 N–H and O–H groups in total. The van der Waals surface area contributed by atoms with Gasteiger partial charge in [0, 0.05) is 30.5 Å². The van der Waals surface area contributed by atoms with Gasteiger partial charge in [0.2, 0.25) is 17.7 Å². The van der Waals surface area contributed by atoms with Crippen molar-refractivity contribution in [1.82, 2.24) is 15.5 Å². The molecule has 3 heterocycles. The minimum absolute atomic E-state index is 0.0270. The maximum atomic E-state index is 14.2. The molecular formula is C31H47N3O4S. The summed E-state index contributed by atoms with van der Waals surface area (Å²) in [6.07, 6.45) is 3.80. The molecule has 0 saturated carbocycles. The highest BCUT2D eigenvalue weighted by Crippen LogP contribution is 2.68. The Kier molecular flexibility index (Phi) is 8.77. The van der Waals surface area contributed by atoms with Crippen molar-refractivity contribution < 1.29 is 19.5 Å². The molecule has 0 radical (unpaired) electrons. The SMILES string of the molecule is CC1C[C@H]2SC13C(C(=O)NC(C)(C)CC(C)(C)C)N(CCCCCO)C(=O)[C@@H]3[C@H]2C(=O)NCc1ccccc1. The minimum atomic E-state index is -0.616. The van der Waals surface area contributed by atoms with Crippen LogP contribution in [-0.4, -0.2) is 62.5 Å². The second kappa shape index (κ2) is 11.4. The molecule has 0 aliphatic carbocycles. The Morgan fingerprint density at radius 2 is 1.77 bits per heavy atom. The van der Waals surface area contributed by atoms with Gasteiger partial charge in [-0.2, -0.15) is 0 Å². The van der Waals surface area contributed by atoms with Gasteiger partial charge in [0.05, 0.1) is 16.6 Å². The highest BCUT2D eigenvalue weighted by Gasteiger charge is 2.75. The fourth-order valence-electron chi connectivity index (χ4n) is 7.61. The Balaban J connectivity index is 1.62. The first kappa shape index (κ1) is 29.9. The zero-order valence-corrected chi connectivity index (χ0v) is 25.3. The quantitative estimate of drug-likeness (QED) is 0.356. The molecule has 1 aromatic carbocycles. The van der Waals surface area contributed by atoms with E-state index >= 15 is 0 Å². The van der Waals surface area contributed by atoms with Gasteiger partial charge >= 0.3 is 0 Å². The lowest BCUT2D eigenvalue weighted by Gasteiger charge is -2.41. The number of carbonyl (C=O) groups excluding carboxylic acids is 3. The van der Waals surface area contributed by atoms with Crippen LogP contribution in [0.15, 0.2) is 30.3 Å². The number of carbonyl (C=O) groups is 3. The average Bonchev–Trinajstić information content (AvgIpc) is 3.42. The Labute approximate surface area is 238 Å². The van der Waals surface area contributed by atoms with Crippen LogP contribution >= 0.6 is 11.8 Å². The number of aliphatic hydroxyl groups is 1. The molecule has 8 heteroatoms. The molecule has 7 nitrogen and oxygen atoms in total. The second-order valence-electron chi connectivity index (χ2n) is 13.7. The largest absolute Gasteiger partial charge is 0.396 e. The molecule has 3 unspecified atom stereocenters. The molecule has 6 atom stereocenters. The van der Waals surface area contributed by atoms with Crippen molar-refractivity contribution in [3.63, 3.8) is 0 Å². The van der Waals surface area contributed by atoms with Gasteiger partial charge in [-0.25, -0.2) is 0 Å². The van der Waals surface area contributed by atoms with Crippen LogP contribution in [0.25, 0.3) is 0 Å². The molecule has 216 valence electrons. The molecule has 3 amide bonds. The predicted molar refractivity (Wildman–Crippen MR) is 156 cm³/mol. The first-order chi connectivity index (χ1) is 18.3. The van der Waals surface area contributed by atoms with Gasteiger partial charge in [0.15, 0.2) is 0 Å². The topological polar surface area (TPSA) is 98.7 Å². The van der Waals surface area contributed by atoms with E-state index in [2.05, 4.69) is 52.2 Å². The Hall–Kier alpha value is -2.06. The van der Waals surface area contributed by atoms with Gasteiger partial charge in [-0.3, -0.25) is 14.4 Å². The lowest BCUT2D eigenvalue weighted by atomic mass is 9.65. The van der Waals surface area contributed by atoms with E-state index in [9.17, 15) is 19.5 Å². The van der Waals surface area contributed by atoms with Crippen LogP contribution in [0.5, 0.6) is 0 Å². The normalized spacial score (nSPS) is 30.0. The number of benzene rings is 1. The number of nitrogens with one attached hydrogen (secondary N) is 2. The number of thioether (sulfide) groups is 1. The molecule has 1 aromatic rings. The van der Waals surface area contributed by atoms with Crippen molar-refractivity contribution in [3.05, 3.63) is 35.9 Å². The van der Waals surface area contributed by atoms with Crippen molar-refractivity contribution in [2.75, 3.05) is 13.2 Å². The number of amides is 3. The van der Waals surface area contributed by atoms with Gasteiger partial charge in [0.1, 0.15) is 6.04 Å². The highest BCUT2D eigenvalue weighted by molar-refractivity contribution is 8.02. The van der Waals surface area contributed by atoms with Gasteiger partial charge in [0.25, 0.3) is 0 Å². The maximum absolute atomic E-state index is 14.2. The van der Waals surface area contributed by atoms with E-state index in [-0.39, 0.29) is 40.9 Å². The third-order valence-electron chi connectivity index (χ3n) is 8.60. The fourth-order valence-corrected chi connectivity index (χ4v) is 10.0. The van der Waals surface area contributed by atoms with Crippen molar-refractivity contribution >= 4 is 29.5 Å². The van der Waals surface area contributed by atoms with Crippen LogP contribution in [0.3, 0.4) is 0 Å². The van der Waals surface area contributed by atoms with E-state index in [1.54, 1.807) is 16.7 Å². The first-order valence-corrected chi connectivity index (χ1v) is 15.4. The molecule has 1 spiro atoms. The van der Waals surface area contributed by atoms with Crippen molar-refractivity contribution in [2.24, 2.45) is 23.2 Å². The molecule has 39 heavy (non-hydrogen) atoms. The van der Waals surface area contributed by atoms with E-state index in [0.717, 1.165) is 31.2 Å². The average molecular weight is 558 g/mol. The summed E-state index contributed by atoms with van der Waals surface area (Å²) in [5, 5.41) is 15.7. The van der Waals surface area contributed by atoms with Crippen molar-refractivity contribution in [2.45, 2.75) is 102 Å². The number of hydrogen-bond donors (Lipinski definition) is 3. The molecule has 3 aliphatic rings. The Morgan fingerprint density at radius 1 is 1.08 bits per heavy atom. The van der Waals surface area contributed by atoms with E-state index < -0.39 is 28.2 Å². The summed E-state index contributed by atoms with van der Waals surface area (Å²) in [6.45, 7) is 13.8. The van der Waals surface area contributed by atoms with Gasteiger partial charge in [-0.15, -0.1) is 11.8 Å². The van der Waals surface area contributed by atoms with Crippen LogP contribution in [-0.2, 0) is 20.9 Å². The smallest absolute Gasteiger partial charge is 0.244 e. The number of nitrogens with zero attached hydrogens (tertiary/aromatic N) is 1. The molecular weight excluding hydrogens is 510 g/mol. The summed E-state index contributed by atoms with van der Waals surface area (Å²) in [4.78, 5) is 43.8. The third kappa shape index (κ3) is 6.02. The second-order valence-corrected chi connectivity index (χ2v) is 15.2. The van der Waals surface area contributed by atoms with Gasteiger partial charge in [-0.05, 0) is 62.8 Å². The zero-order chi connectivity index (χ0) is 28.6. The number of aliphatic hydroxyl groups excluding tert-OH is 1. The summed E-state index contributed by atoms with van der Waals surface area (Å²) in [6, 6.07) is 9.20. The fraction of sp³-hybridized carbons (Fsp3) is 0.710. The summed E-state index contributed by atoms with van der Waals surface area (Å²) < 4.78 is -0.616. The number of hydrogen-bond acceptors (Lipinski definition) is 5. The Morgan fingerprint density at radius 3 is 2.41 bits per heavy atom. The lowest BCUT2D eigenvalue weighted by Crippen LogP contribution is -2.60. The molecule has 2 bridgehead atoms. The van der Waals surface area contributed by atoms with Crippen LogP contribution in [0.2, 0.25) is 0 Å². The molecule has 3 fully saturated rings. The van der Waals surface area contributed by atoms with Crippen LogP contribution in [0.4, 0.5) is 0 Å². The summed E-state index contributed by atoms with van der Waals surface area (Å²) in [7, 11) is 0. The van der Waals surface area contributed by atoms with Crippen LogP contribution in [0, 0.1) is 23.2 Å². The highest BCUT2D eigenvalue weighted by atomic mass is 32.2. The summed E-state index contributed by atoms with van der Waals surface area (Å²) >= 11 is 1.72. The number of likely N-dealkylation sites (tertiary alicyclic amines) is 1. The van der Waals surface area contributed by atoms with Gasteiger partial charge < -0.3 is 20.6 Å². The molecule has 4 rings (SSSR count). The van der Waals surface area contributed by atoms with Crippen LogP contribution < -0.4 is 10.6 Å². The predicted octanol–water partition coefficient (Wildman–Crippen LogP) is 4.13. The minimum Gasteiger partial charge on any atom is -0.396 e. The number of unbranched alkanes of at least 4 members (excludes halogenated alkanes) is 2. The number of fused-ring (bicyclic) bond motifs is 1. The molecule has 0 aromatic heterocycles. The Bertz CT molecular complexity index is 1060. The lowest BCUT2D eigenvalue weighted by molar-refractivity contribution is -0.140. The van der Waals surface area contributed by atoms with E-state index in [1.807, 2.05) is 30.3 Å². The number of rotatable bonds is 11. The maximum Gasteiger partial charge on any atom is 0.244 e. The van der Waals surface area contributed by atoms with Crippen molar-refractivity contribution in [3.8, 4) is 0 Å². The monoisotopic (exact) mass is 557 g/mol. The third-order valence-corrected chi connectivity index (χ3v) is 10.7. The molecule has 3 saturated heterocycles. The van der Waals surface area contributed by atoms with Crippen molar-refractivity contribution in [1.29, 1.82) is 0 Å². The van der Waals surface area contributed by atoms with E-state index in [1.165, 1.54) is 0 Å². The molecule has 3 aliphatic heterocycles. The summed E-state index contributed by atoms with van der Waals surface area (Å²) in [5.74, 6) is -1.06.